The number of aliphatic hydroxyl groups excluding tert-OH is 1. The van der Waals surface area contributed by atoms with Crippen molar-refractivity contribution in [1.29, 1.82) is 0 Å². The van der Waals surface area contributed by atoms with E-state index < -0.39 is 18.0 Å². The molecule has 0 amide bonds. The van der Waals surface area contributed by atoms with Crippen molar-refractivity contribution in [3.8, 4) is 0 Å². The Bertz CT molecular complexity index is 380. The van der Waals surface area contributed by atoms with Crippen molar-refractivity contribution in [2.45, 2.75) is 12.5 Å². The molecule has 0 unspecified atom stereocenters. The smallest absolute Gasteiger partial charge is 0.373 e. The molecule has 0 aromatic carbocycles. The maximum Gasteiger partial charge on any atom is 0.373 e. The van der Waals surface area contributed by atoms with Crippen LogP contribution in [0.2, 0.25) is 0 Å². The minimum Gasteiger partial charge on any atom is -0.469 e. The van der Waals surface area contributed by atoms with Crippen LogP contribution in [0.5, 0.6) is 0 Å². The molecule has 0 spiro atoms. The molecule has 0 aliphatic rings. The van der Waals surface area contributed by atoms with Crippen LogP contribution in [0.15, 0.2) is 16.5 Å². The fourth-order valence-electron chi connectivity index (χ4n) is 1.08. The second-order valence-corrected chi connectivity index (χ2v) is 2.99. The summed E-state index contributed by atoms with van der Waals surface area (Å²) < 4.78 is 13.8. The molecule has 0 aliphatic carbocycles. The van der Waals surface area contributed by atoms with Crippen LogP contribution in [0.25, 0.3) is 0 Å². The van der Waals surface area contributed by atoms with Gasteiger partial charge in [0.05, 0.1) is 20.6 Å². The first-order valence-electron chi connectivity index (χ1n) is 4.51. The number of hydrogen-bond acceptors (Lipinski definition) is 6. The molecule has 0 bridgehead atoms. The van der Waals surface area contributed by atoms with Crippen LogP contribution < -0.4 is 0 Å². The summed E-state index contributed by atoms with van der Waals surface area (Å²) in [5.41, 5.74) is 0. The molecule has 6 heteroatoms. The lowest BCUT2D eigenvalue weighted by atomic mass is 10.2. The van der Waals surface area contributed by atoms with Crippen LogP contribution in [0, 0.1) is 0 Å². The van der Waals surface area contributed by atoms with Gasteiger partial charge in [-0.1, -0.05) is 0 Å². The molecule has 1 aromatic heterocycles. The Kier molecular flexibility index (Phi) is 4.07. The first kappa shape index (κ1) is 12.3. The highest BCUT2D eigenvalue weighted by molar-refractivity contribution is 5.86. The first-order chi connectivity index (χ1) is 7.58. The van der Waals surface area contributed by atoms with Gasteiger partial charge in [0.2, 0.25) is 5.76 Å². The summed E-state index contributed by atoms with van der Waals surface area (Å²) in [6.45, 7) is 0. The Morgan fingerprint density at radius 1 is 1.38 bits per heavy atom. The molecule has 0 saturated carbocycles. The van der Waals surface area contributed by atoms with Crippen molar-refractivity contribution in [1.82, 2.24) is 0 Å². The van der Waals surface area contributed by atoms with Crippen LogP contribution in [-0.4, -0.2) is 31.3 Å². The van der Waals surface area contributed by atoms with Crippen molar-refractivity contribution >= 4 is 11.9 Å². The molecular formula is C10H12O6. The van der Waals surface area contributed by atoms with Crippen LogP contribution in [0.1, 0.15) is 28.8 Å². The Morgan fingerprint density at radius 3 is 2.62 bits per heavy atom. The van der Waals surface area contributed by atoms with E-state index in [-0.39, 0.29) is 17.9 Å². The Labute approximate surface area is 91.8 Å². The minimum absolute atomic E-state index is 0.0265. The van der Waals surface area contributed by atoms with E-state index in [1.54, 1.807) is 0 Å². The molecule has 1 heterocycles. The third-order valence-corrected chi connectivity index (χ3v) is 1.93. The number of aliphatic hydroxyl groups is 1. The van der Waals surface area contributed by atoms with E-state index in [9.17, 15) is 14.7 Å². The third-order valence-electron chi connectivity index (χ3n) is 1.93. The van der Waals surface area contributed by atoms with E-state index in [4.69, 9.17) is 4.42 Å². The molecule has 1 rings (SSSR count). The second-order valence-electron chi connectivity index (χ2n) is 2.99. The average molecular weight is 228 g/mol. The molecule has 0 saturated heterocycles. The van der Waals surface area contributed by atoms with Gasteiger partial charge in [-0.3, -0.25) is 4.79 Å². The predicted octanol–water partition coefficient (Wildman–Crippen LogP) is 0.663. The summed E-state index contributed by atoms with van der Waals surface area (Å²) in [4.78, 5) is 21.9. The van der Waals surface area contributed by atoms with Crippen LogP contribution in [-0.2, 0) is 14.3 Å². The number of esters is 2. The van der Waals surface area contributed by atoms with Gasteiger partial charge < -0.3 is 19.0 Å². The van der Waals surface area contributed by atoms with E-state index in [0.717, 1.165) is 0 Å². The quantitative estimate of drug-likeness (QED) is 0.762. The number of ether oxygens (including phenoxy) is 2. The lowest BCUT2D eigenvalue weighted by molar-refractivity contribution is -0.143. The summed E-state index contributed by atoms with van der Waals surface area (Å²) in [6, 6.07) is 2.77. The highest BCUT2D eigenvalue weighted by atomic mass is 16.5. The zero-order chi connectivity index (χ0) is 12.1. The van der Waals surface area contributed by atoms with Gasteiger partial charge in [-0.2, -0.15) is 0 Å². The van der Waals surface area contributed by atoms with Gasteiger partial charge in [0.1, 0.15) is 11.9 Å². The normalized spacial score (nSPS) is 11.9. The molecule has 0 aliphatic heterocycles. The highest BCUT2D eigenvalue weighted by Crippen LogP contribution is 2.20. The fraction of sp³-hybridized carbons (Fsp3) is 0.400. The van der Waals surface area contributed by atoms with Crippen molar-refractivity contribution in [3.05, 3.63) is 23.7 Å². The van der Waals surface area contributed by atoms with Gasteiger partial charge in [-0.05, 0) is 12.1 Å². The largest absolute Gasteiger partial charge is 0.469 e. The van der Waals surface area contributed by atoms with E-state index in [1.165, 1.54) is 26.4 Å². The summed E-state index contributed by atoms with van der Waals surface area (Å²) >= 11 is 0. The molecule has 1 N–H and O–H groups in total. The highest BCUT2D eigenvalue weighted by Gasteiger charge is 2.19. The number of furan rings is 1. The van der Waals surface area contributed by atoms with Crippen molar-refractivity contribution in [2.24, 2.45) is 0 Å². The standard InChI is InChI=1S/C10H12O6/c1-14-9(12)5-6(11)7-3-4-8(16-7)10(13)15-2/h3-4,6,11H,5H2,1-2H3/t6-/m1/s1. The summed E-state index contributed by atoms with van der Waals surface area (Å²) in [5.74, 6) is -1.12. The zero-order valence-corrected chi connectivity index (χ0v) is 8.93. The number of rotatable bonds is 4. The van der Waals surface area contributed by atoms with E-state index >= 15 is 0 Å². The van der Waals surface area contributed by atoms with Crippen molar-refractivity contribution in [2.75, 3.05) is 14.2 Å². The average Bonchev–Trinajstić information content (AvgIpc) is 2.77. The summed E-state index contributed by atoms with van der Waals surface area (Å²) in [7, 11) is 2.44. The minimum atomic E-state index is -1.13. The van der Waals surface area contributed by atoms with Crippen molar-refractivity contribution in [3.63, 3.8) is 0 Å². The van der Waals surface area contributed by atoms with Gasteiger partial charge in [-0.15, -0.1) is 0 Å². The molecule has 16 heavy (non-hydrogen) atoms. The molecule has 0 radical (unpaired) electrons. The molecule has 6 nitrogen and oxygen atoms in total. The Hall–Kier alpha value is -1.82. The first-order valence-corrected chi connectivity index (χ1v) is 4.51. The third kappa shape index (κ3) is 2.83. The zero-order valence-electron chi connectivity index (χ0n) is 8.93. The van der Waals surface area contributed by atoms with Crippen molar-refractivity contribution < 1.29 is 28.6 Å². The number of carbonyl (C=O) groups is 2. The topological polar surface area (TPSA) is 86.0 Å². The van der Waals surface area contributed by atoms with Gasteiger partial charge in [-0.25, -0.2) is 4.79 Å². The van der Waals surface area contributed by atoms with E-state index in [0.29, 0.717) is 0 Å². The maximum absolute atomic E-state index is 11.0. The molecular weight excluding hydrogens is 216 g/mol. The molecule has 0 fully saturated rings. The molecule has 1 atom stereocenters. The monoisotopic (exact) mass is 228 g/mol. The Morgan fingerprint density at radius 2 is 2.06 bits per heavy atom. The van der Waals surface area contributed by atoms with Crippen LogP contribution in [0.3, 0.4) is 0 Å². The number of carbonyl (C=O) groups excluding carboxylic acids is 2. The predicted molar refractivity (Wildman–Crippen MR) is 51.6 cm³/mol. The second kappa shape index (κ2) is 5.32. The number of methoxy groups -OCH3 is 2. The molecule has 1 aromatic rings. The van der Waals surface area contributed by atoms with Gasteiger partial charge >= 0.3 is 11.9 Å². The SMILES string of the molecule is COC(=O)C[C@@H](O)c1ccc(C(=O)OC)o1. The lowest BCUT2D eigenvalue weighted by Gasteiger charge is -2.05. The number of hydrogen-bond donors (Lipinski definition) is 1. The fourth-order valence-corrected chi connectivity index (χ4v) is 1.08. The van der Waals surface area contributed by atoms with E-state index in [1.807, 2.05) is 0 Å². The molecule has 88 valence electrons. The van der Waals surface area contributed by atoms with Gasteiger partial charge in [0, 0.05) is 0 Å². The van der Waals surface area contributed by atoms with E-state index in [2.05, 4.69) is 9.47 Å². The summed E-state index contributed by atoms with van der Waals surface area (Å²) in [5, 5.41) is 9.54. The summed E-state index contributed by atoms with van der Waals surface area (Å²) in [6.07, 6.45) is -1.36. The van der Waals surface area contributed by atoms with Crippen LogP contribution in [0.4, 0.5) is 0 Å². The van der Waals surface area contributed by atoms with Gasteiger partial charge in [0.15, 0.2) is 0 Å². The lowest BCUT2D eigenvalue weighted by Crippen LogP contribution is -2.07. The van der Waals surface area contributed by atoms with Gasteiger partial charge in [0.25, 0.3) is 0 Å². The maximum atomic E-state index is 11.0. The van der Waals surface area contributed by atoms with Crippen LogP contribution >= 0.6 is 0 Å². The Balaban J connectivity index is 2.70.